The van der Waals surface area contributed by atoms with Crippen LogP contribution in [0.1, 0.15) is 15.9 Å². The lowest BCUT2D eigenvalue weighted by Gasteiger charge is -2.11. The number of methoxy groups -OCH3 is 1. The quantitative estimate of drug-likeness (QED) is 0.374. The summed E-state index contributed by atoms with van der Waals surface area (Å²) in [7, 11) is 1.45. The Bertz CT molecular complexity index is 1060. The summed E-state index contributed by atoms with van der Waals surface area (Å²) in [5.74, 6) is 1.32. The Kier molecular flexibility index (Phi) is 7.41. The Balaban J connectivity index is 2.32. The number of aromatic carboxylic acids is 1. The Hall–Kier alpha value is -3.75. The molecule has 0 bridgehead atoms. The molecule has 1 amide bonds. The first-order valence-electron chi connectivity index (χ1n) is 8.10. The van der Waals surface area contributed by atoms with Gasteiger partial charge in [0.15, 0.2) is 11.5 Å². The maximum Gasteiger partial charge on any atom is 0.335 e. The minimum atomic E-state index is -1.12. The number of rotatable bonds is 7. The first kappa shape index (κ1) is 21.5. The summed E-state index contributed by atoms with van der Waals surface area (Å²) in [6.07, 6.45) is 6.56. The van der Waals surface area contributed by atoms with E-state index in [0.717, 1.165) is 0 Å². The number of ether oxygens (including phenoxy) is 2. The number of carbonyl (C=O) groups is 2. The van der Waals surface area contributed by atoms with Gasteiger partial charge in [-0.25, -0.2) is 4.79 Å². The van der Waals surface area contributed by atoms with Gasteiger partial charge in [-0.2, -0.15) is 5.26 Å². The molecular weight excluding hydrogens is 440 g/mol. The fourth-order valence-corrected chi connectivity index (χ4v) is 2.72. The molecule has 0 saturated heterocycles. The van der Waals surface area contributed by atoms with Gasteiger partial charge < -0.3 is 19.9 Å². The van der Waals surface area contributed by atoms with Gasteiger partial charge in [0.1, 0.15) is 18.2 Å². The van der Waals surface area contributed by atoms with Crippen molar-refractivity contribution in [2.45, 2.75) is 0 Å². The van der Waals surface area contributed by atoms with Gasteiger partial charge in [0.25, 0.3) is 5.91 Å². The van der Waals surface area contributed by atoms with E-state index in [1.54, 1.807) is 12.1 Å². The molecule has 2 aromatic carbocycles. The molecule has 0 unspecified atom stereocenters. The van der Waals surface area contributed by atoms with Crippen LogP contribution >= 0.6 is 15.9 Å². The van der Waals surface area contributed by atoms with E-state index < -0.39 is 11.9 Å². The van der Waals surface area contributed by atoms with E-state index in [4.69, 9.17) is 21.0 Å². The Morgan fingerprint density at radius 2 is 2.07 bits per heavy atom. The zero-order valence-corrected chi connectivity index (χ0v) is 16.8. The molecule has 146 valence electrons. The van der Waals surface area contributed by atoms with Crippen LogP contribution < -0.4 is 14.8 Å². The van der Waals surface area contributed by atoms with Crippen LogP contribution in [0.5, 0.6) is 11.5 Å². The lowest BCUT2D eigenvalue weighted by atomic mass is 10.1. The van der Waals surface area contributed by atoms with Crippen LogP contribution in [0.4, 0.5) is 5.69 Å². The van der Waals surface area contributed by atoms with Gasteiger partial charge in [-0.3, -0.25) is 4.79 Å². The zero-order valence-electron chi connectivity index (χ0n) is 15.2. The third-order valence-electron chi connectivity index (χ3n) is 3.63. The monoisotopic (exact) mass is 454 g/mol. The summed E-state index contributed by atoms with van der Waals surface area (Å²) in [6, 6.07) is 10.7. The minimum Gasteiger partial charge on any atom is -0.493 e. The number of nitriles is 1. The highest BCUT2D eigenvalue weighted by atomic mass is 79.9. The van der Waals surface area contributed by atoms with Gasteiger partial charge >= 0.3 is 5.97 Å². The summed E-state index contributed by atoms with van der Waals surface area (Å²) in [6.45, 7) is 0.0548. The number of nitrogens with one attached hydrogen (secondary N) is 1. The van der Waals surface area contributed by atoms with Gasteiger partial charge in [0.2, 0.25) is 0 Å². The third-order valence-corrected chi connectivity index (χ3v) is 4.31. The number of amides is 1. The minimum absolute atomic E-state index is 0.0142. The fraction of sp³-hybridized carbons (Fsp3) is 0.0952. The Morgan fingerprint density at radius 3 is 2.69 bits per heavy atom. The van der Waals surface area contributed by atoms with Crippen LogP contribution in [0.15, 0.2) is 46.4 Å². The molecule has 2 N–H and O–H groups in total. The van der Waals surface area contributed by atoms with Gasteiger partial charge in [0.05, 0.1) is 12.7 Å². The molecule has 29 heavy (non-hydrogen) atoms. The number of terminal acetylenes is 1. The number of nitrogens with zero attached hydrogens (tertiary/aromatic N) is 1. The fourth-order valence-electron chi connectivity index (χ4n) is 2.29. The summed E-state index contributed by atoms with van der Waals surface area (Å²) < 4.78 is 11.2. The molecule has 0 spiro atoms. The first-order valence-corrected chi connectivity index (χ1v) is 8.89. The predicted molar refractivity (Wildman–Crippen MR) is 111 cm³/mol. The molecule has 0 saturated carbocycles. The van der Waals surface area contributed by atoms with Crippen molar-refractivity contribution in [3.8, 4) is 29.9 Å². The van der Waals surface area contributed by atoms with E-state index in [9.17, 15) is 14.9 Å². The topological polar surface area (TPSA) is 109 Å². The number of carbonyl (C=O) groups excluding carboxylic acids is 1. The molecule has 0 aliphatic heterocycles. The van der Waals surface area contributed by atoms with Crippen molar-refractivity contribution in [1.82, 2.24) is 0 Å². The van der Waals surface area contributed by atoms with Gasteiger partial charge in [-0.05, 0) is 42.0 Å². The van der Waals surface area contributed by atoms with Crippen molar-refractivity contribution in [2.75, 3.05) is 19.0 Å². The number of carboxylic acids is 1. The highest BCUT2D eigenvalue weighted by molar-refractivity contribution is 9.10. The molecule has 7 nitrogen and oxygen atoms in total. The van der Waals surface area contributed by atoms with Crippen LogP contribution in [0.2, 0.25) is 0 Å². The normalized spacial score (nSPS) is 10.4. The molecule has 2 aromatic rings. The van der Waals surface area contributed by atoms with Gasteiger partial charge in [-0.1, -0.05) is 27.9 Å². The first-order chi connectivity index (χ1) is 13.9. The molecular formula is C21H15BrN2O5. The number of benzene rings is 2. The second-order valence-electron chi connectivity index (χ2n) is 5.53. The molecule has 0 fully saturated rings. The van der Waals surface area contributed by atoms with E-state index in [1.807, 2.05) is 6.07 Å². The lowest BCUT2D eigenvalue weighted by Crippen LogP contribution is -2.14. The summed E-state index contributed by atoms with van der Waals surface area (Å²) >= 11 is 3.36. The van der Waals surface area contributed by atoms with Crippen molar-refractivity contribution >= 4 is 39.6 Å². The largest absolute Gasteiger partial charge is 0.493 e. The van der Waals surface area contributed by atoms with Crippen LogP contribution in [-0.2, 0) is 4.79 Å². The number of anilines is 1. The average Bonchev–Trinajstić information content (AvgIpc) is 2.71. The lowest BCUT2D eigenvalue weighted by molar-refractivity contribution is -0.112. The van der Waals surface area contributed by atoms with Crippen LogP contribution in [0, 0.1) is 23.7 Å². The highest BCUT2D eigenvalue weighted by Gasteiger charge is 2.14. The molecule has 0 aliphatic carbocycles. The molecule has 0 heterocycles. The Morgan fingerprint density at radius 1 is 1.31 bits per heavy atom. The summed E-state index contributed by atoms with van der Waals surface area (Å²) in [4.78, 5) is 23.5. The number of halogens is 1. The molecule has 2 rings (SSSR count). The van der Waals surface area contributed by atoms with Crippen LogP contribution in [-0.4, -0.2) is 30.7 Å². The maximum absolute atomic E-state index is 12.5. The summed E-state index contributed by atoms with van der Waals surface area (Å²) in [5.41, 5.74) is 0.581. The molecule has 0 atom stereocenters. The summed E-state index contributed by atoms with van der Waals surface area (Å²) in [5, 5.41) is 20.9. The maximum atomic E-state index is 12.5. The Labute approximate surface area is 175 Å². The van der Waals surface area contributed by atoms with Gasteiger partial charge in [-0.15, -0.1) is 6.42 Å². The number of hydrogen-bond donors (Lipinski definition) is 2. The average molecular weight is 455 g/mol. The smallest absolute Gasteiger partial charge is 0.335 e. The van der Waals surface area contributed by atoms with Crippen LogP contribution in [0.3, 0.4) is 0 Å². The van der Waals surface area contributed by atoms with E-state index in [-0.39, 0.29) is 23.4 Å². The predicted octanol–water partition coefficient (Wildman–Crippen LogP) is 3.71. The molecule has 0 aliphatic rings. The second-order valence-corrected chi connectivity index (χ2v) is 6.38. The molecule has 8 heteroatoms. The van der Waals surface area contributed by atoms with Crippen LogP contribution in [0.25, 0.3) is 6.08 Å². The molecule has 0 aromatic heterocycles. The van der Waals surface area contributed by atoms with E-state index in [0.29, 0.717) is 21.5 Å². The molecule has 0 radical (unpaired) electrons. The van der Waals surface area contributed by atoms with Crippen molar-refractivity contribution in [2.24, 2.45) is 0 Å². The van der Waals surface area contributed by atoms with E-state index >= 15 is 0 Å². The van der Waals surface area contributed by atoms with Crippen molar-refractivity contribution in [3.63, 3.8) is 0 Å². The number of carboxylic acid groups (broad SMARTS) is 1. The zero-order chi connectivity index (χ0) is 21.4. The van der Waals surface area contributed by atoms with E-state index in [1.165, 1.54) is 37.5 Å². The van der Waals surface area contributed by atoms with Gasteiger partial charge in [0, 0.05) is 10.2 Å². The third kappa shape index (κ3) is 5.61. The SMILES string of the molecule is C#CCOc1cc(Br)c(/C=C(/C#N)C(=O)Nc2cccc(C(=O)O)c2)cc1OC. The highest BCUT2D eigenvalue weighted by Crippen LogP contribution is 2.34. The standard InChI is InChI=1S/C21H15BrN2O5/c1-3-7-29-19-11-17(22)14(10-18(19)28-2)8-15(12-23)20(25)24-16-6-4-5-13(9-16)21(26)27/h1,4-6,8-11H,7H2,2H3,(H,24,25)(H,26,27)/b15-8-. The van der Waals surface area contributed by atoms with E-state index in [2.05, 4.69) is 27.2 Å². The van der Waals surface area contributed by atoms with Crippen molar-refractivity contribution in [3.05, 3.63) is 57.6 Å². The van der Waals surface area contributed by atoms with Crippen molar-refractivity contribution in [1.29, 1.82) is 5.26 Å². The number of hydrogen-bond acceptors (Lipinski definition) is 5. The second kappa shape index (κ2) is 9.98. The van der Waals surface area contributed by atoms with Crippen molar-refractivity contribution < 1.29 is 24.2 Å².